The van der Waals surface area contributed by atoms with Gasteiger partial charge in [-0.05, 0) is 91.4 Å². The summed E-state index contributed by atoms with van der Waals surface area (Å²) in [5.74, 6) is 1.91. The topological polar surface area (TPSA) is 40.5 Å². The van der Waals surface area contributed by atoms with E-state index in [4.69, 9.17) is 0 Å². The quantitative estimate of drug-likeness (QED) is 0.499. The maximum absolute atomic E-state index is 11.4. The normalized spacial score (nSPS) is 45.3. The van der Waals surface area contributed by atoms with E-state index >= 15 is 0 Å². The van der Waals surface area contributed by atoms with E-state index in [0.29, 0.717) is 17.8 Å². The van der Waals surface area contributed by atoms with E-state index in [1.165, 1.54) is 23.1 Å². The van der Waals surface area contributed by atoms with Crippen LogP contribution in [-0.2, 0) is 0 Å². The minimum Gasteiger partial charge on any atom is -0.393 e. The molecule has 0 saturated heterocycles. The van der Waals surface area contributed by atoms with Gasteiger partial charge >= 0.3 is 0 Å². The summed E-state index contributed by atoms with van der Waals surface area (Å²) >= 11 is 3.57. The maximum atomic E-state index is 11.4. The highest BCUT2D eigenvalue weighted by molar-refractivity contribution is 9.10. The fourth-order valence-corrected chi connectivity index (χ4v) is 7.87. The summed E-state index contributed by atoms with van der Waals surface area (Å²) in [7, 11) is 0. The Bertz CT molecular complexity index is 873. The molecule has 0 bridgehead atoms. The molecule has 4 aliphatic rings. The first-order valence-corrected chi connectivity index (χ1v) is 12.1. The van der Waals surface area contributed by atoms with Gasteiger partial charge in [-0.15, -0.1) is 0 Å². The summed E-state index contributed by atoms with van der Waals surface area (Å²) in [6.45, 7) is 4.81. The van der Waals surface area contributed by atoms with Crippen molar-refractivity contribution in [1.29, 1.82) is 0 Å². The lowest BCUT2D eigenvalue weighted by Gasteiger charge is -2.57. The van der Waals surface area contributed by atoms with Gasteiger partial charge in [0.25, 0.3) is 0 Å². The SMILES string of the molecule is CC12CCC(O)CC1=CCC1C2CCC2(C)C(O)/C(=C/c3cccc(Br)c3)CC12. The van der Waals surface area contributed by atoms with Crippen molar-refractivity contribution >= 4 is 22.0 Å². The van der Waals surface area contributed by atoms with Crippen molar-refractivity contribution in [3.63, 3.8) is 0 Å². The molecule has 2 N–H and O–H groups in total. The Morgan fingerprint density at radius 2 is 1.90 bits per heavy atom. The predicted molar refractivity (Wildman–Crippen MR) is 121 cm³/mol. The highest BCUT2D eigenvalue weighted by Gasteiger charge is 2.59. The van der Waals surface area contributed by atoms with Crippen molar-refractivity contribution in [2.24, 2.45) is 28.6 Å². The first-order chi connectivity index (χ1) is 13.8. The van der Waals surface area contributed by atoms with E-state index in [0.717, 1.165) is 43.0 Å². The Balaban J connectivity index is 1.47. The third-order valence-corrected chi connectivity index (χ3v) is 9.64. The van der Waals surface area contributed by atoms with E-state index in [1.54, 1.807) is 0 Å². The number of fused-ring (bicyclic) bond motifs is 5. The Kier molecular flexibility index (Phi) is 4.88. The monoisotopic (exact) mass is 456 g/mol. The second-order valence-electron chi connectivity index (χ2n) is 10.6. The van der Waals surface area contributed by atoms with Gasteiger partial charge in [0.05, 0.1) is 12.2 Å². The molecule has 0 spiro atoms. The van der Waals surface area contributed by atoms with Crippen LogP contribution in [0, 0.1) is 28.6 Å². The number of hydrogen-bond acceptors (Lipinski definition) is 2. The molecule has 5 rings (SSSR count). The van der Waals surface area contributed by atoms with Crippen LogP contribution in [-0.4, -0.2) is 22.4 Å². The van der Waals surface area contributed by atoms with Crippen LogP contribution in [0.25, 0.3) is 6.08 Å². The van der Waals surface area contributed by atoms with Crippen molar-refractivity contribution in [3.8, 4) is 0 Å². The summed E-state index contributed by atoms with van der Waals surface area (Å²) in [4.78, 5) is 0. The first-order valence-electron chi connectivity index (χ1n) is 11.3. The number of benzene rings is 1. The molecule has 0 amide bonds. The van der Waals surface area contributed by atoms with Gasteiger partial charge in [0.15, 0.2) is 0 Å². The summed E-state index contributed by atoms with van der Waals surface area (Å²) in [5.41, 5.74) is 4.16. The van der Waals surface area contributed by atoms with Crippen molar-refractivity contribution in [3.05, 3.63) is 51.5 Å². The molecule has 3 fully saturated rings. The molecule has 0 heterocycles. The van der Waals surface area contributed by atoms with Crippen LogP contribution < -0.4 is 0 Å². The van der Waals surface area contributed by atoms with Crippen LogP contribution in [0.15, 0.2) is 46.0 Å². The van der Waals surface area contributed by atoms with Gasteiger partial charge in [-0.25, -0.2) is 0 Å². The Hall–Kier alpha value is -0.900. The minimum atomic E-state index is -0.334. The number of aliphatic hydroxyl groups is 2. The fraction of sp³-hybridized carbons (Fsp3) is 0.615. The third-order valence-electron chi connectivity index (χ3n) is 9.15. The molecule has 7 atom stereocenters. The zero-order valence-corrected chi connectivity index (χ0v) is 19.2. The van der Waals surface area contributed by atoms with Gasteiger partial charge in [0, 0.05) is 9.89 Å². The number of aliphatic hydroxyl groups excluding tert-OH is 2. The standard InChI is InChI=1S/C26H33BrO2/c1-25-10-8-20(28)15-18(25)6-7-21-22(25)9-11-26(2)23(21)14-17(24(26)29)12-16-4-3-5-19(27)13-16/h3-6,12-13,20-24,28-29H,7-11,14-15H2,1-2H3/b17-12+. The molecular formula is C26H33BrO2. The van der Waals surface area contributed by atoms with Crippen molar-refractivity contribution in [1.82, 2.24) is 0 Å². The van der Waals surface area contributed by atoms with Crippen LogP contribution in [0.4, 0.5) is 0 Å². The molecule has 3 saturated carbocycles. The van der Waals surface area contributed by atoms with Gasteiger partial charge in [-0.1, -0.05) is 59.6 Å². The Labute approximate surface area is 183 Å². The van der Waals surface area contributed by atoms with E-state index in [1.807, 2.05) is 6.07 Å². The summed E-state index contributed by atoms with van der Waals surface area (Å²) in [6.07, 6.45) is 11.6. The largest absolute Gasteiger partial charge is 0.393 e. The van der Waals surface area contributed by atoms with Crippen LogP contribution >= 0.6 is 15.9 Å². The van der Waals surface area contributed by atoms with Gasteiger partial charge in [0.1, 0.15) is 0 Å². The molecule has 156 valence electrons. The number of allylic oxidation sites excluding steroid dienone is 1. The minimum absolute atomic E-state index is 0.00506. The zero-order chi connectivity index (χ0) is 20.4. The smallest absolute Gasteiger partial charge is 0.0809 e. The van der Waals surface area contributed by atoms with Gasteiger partial charge in [-0.2, -0.15) is 0 Å². The van der Waals surface area contributed by atoms with Gasteiger partial charge in [0.2, 0.25) is 0 Å². The van der Waals surface area contributed by atoms with Crippen LogP contribution in [0.3, 0.4) is 0 Å². The van der Waals surface area contributed by atoms with Crippen LogP contribution in [0.1, 0.15) is 64.4 Å². The van der Waals surface area contributed by atoms with E-state index in [2.05, 4.69) is 60.1 Å². The highest BCUT2D eigenvalue weighted by atomic mass is 79.9. The summed E-state index contributed by atoms with van der Waals surface area (Å²) in [5, 5.41) is 21.6. The number of halogens is 1. The van der Waals surface area contributed by atoms with Crippen LogP contribution in [0.5, 0.6) is 0 Å². The lowest BCUT2D eigenvalue weighted by molar-refractivity contribution is -0.0685. The molecule has 7 unspecified atom stereocenters. The van der Waals surface area contributed by atoms with Gasteiger partial charge < -0.3 is 10.2 Å². The third kappa shape index (κ3) is 3.11. The second kappa shape index (κ2) is 7.07. The fourth-order valence-electron chi connectivity index (χ4n) is 7.45. The average Bonchev–Trinajstić information content (AvgIpc) is 2.93. The van der Waals surface area contributed by atoms with E-state index in [-0.39, 0.29) is 23.0 Å². The molecule has 3 heteroatoms. The van der Waals surface area contributed by atoms with Crippen molar-refractivity contribution < 1.29 is 10.2 Å². The van der Waals surface area contributed by atoms with Crippen LogP contribution in [0.2, 0.25) is 0 Å². The molecule has 29 heavy (non-hydrogen) atoms. The number of rotatable bonds is 1. The first kappa shape index (κ1) is 20.0. The van der Waals surface area contributed by atoms with E-state index in [9.17, 15) is 10.2 Å². The molecule has 2 nitrogen and oxygen atoms in total. The maximum Gasteiger partial charge on any atom is 0.0809 e. The number of hydrogen-bond donors (Lipinski definition) is 2. The molecule has 0 aliphatic heterocycles. The Morgan fingerprint density at radius 3 is 2.69 bits per heavy atom. The lowest BCUT2D eigenvalue weighted by Crippen LogP contribution is -2.51. The molecule has 1 aromatic rings. The predicted octanol–water partition coefficient (Wildman–Crippen LogP) is 6.13. The molecule has 0 aromatic heterocycles. The average molecular weight is 457 g/mol. The summed E-state index contributed by atoms with van der Waals surface area (Å²) in [6, 6.07) is 8.37. The van der Waals surface area contributed by atoms with Crippen molar-refractivity contribution in [2.45, 2.75) is 71.0 Å². The molecule has 4 aliphatic carbocycles. The Morgan fingerprint density at radius 1 is 1.07 bits per heavy atom. The molecule has 0 radical (unpaired) electrons. The molecular weight excluding hydrogens is 424 g/mol. The highest BCUT2D eigenvalue weighted by Crippen LogP contribution is 2.65. The zero-order valence-electron chi connectivity index (χ0n) is 17.6. The van der Waals surface area contributed by atoms with E-state index < -0.39 is 0 Å². The van der Waals surface area contributed by atoms with Crippen molar-refractivity contribution in [2.75, 3.05) is 0 Å². The lowest BCUT2D eigenvalue weighted by atomic mass is 9.48. The summed E-state index contributed by atoms with van der Waals surface area (Å²) < 4.78 is 1.08. The second-order valence-corrected chi connectivity index (χ2v) is 11.5. The molecule has 1 aromatic carbocycles. The van der Waals surface area contributed by atoms with Gasteiger partial charge in [-0.3, -0.25) is 0 Å².